The van der Waals surface area contributed by atoms with Gasteiger partial charge < -0.3 is 10.2 Å². The van der Waals surface area contributed by atoms with Crippen LogP contribution in [0.2, 0.25) is 5.02 Å². The van der Waals surface area contributed by atoms with E-state index in [1.807, 2.05) is 18.2 Å². The van der Waals surface area contributed by atoms with Crippen molar-refractivity contribution in [1.29, 1.82) is 0 Å². The molecular weight excluding hydrogens is 280 g/mol. The summed E-state index contributed by atoms with van der Waals surface area (Å²) < 4.78 is 0. The van der Waals surface area contributed by atoms with Gasteiger partial charge in [0.05, 0.1) is 0 Å². The van der Waals surface area contributed by atoms with Gasteiger partial charge in [0.2, 0.25) is 0 Å². The van der Waals surface area contributed by atoms with Crippen LogP contribution >= 0.6 is 11.6 Å². The average Bonchev–Trinajstić information content (AvgIpc) is 2.51. The van der Waals surface area contributed by atoms with Crippen molar-refractivity contribution in [2.75, 3.05) is 31.5 Å². The van der Waals surface area contributed by atoms with Crippen LogP contribution < -0.4 is 5.32 Å². The third-order valence-electron chi connectivity index (χ3n) is 5.41. The predicted octanol–water partition coefficient (Wildman–Crippen LogP) is 4.80. The van der Waals surface area contributed by atoms with Crippen LogP contribution in [-0.4, -0.2) is 31.1 Å². The lowest BCUT2D eigenvalue weighted by Gasteiger charge is -2.44. The number of benzene rings is 1. The second kappa shape index (κ2) is 7.02. The van der Waals surface area contributed by atoms with Crippen LogP contribution in [0.1, 0.15) is 44.9 Å². The van der Waals surface area contributed by atoms with E-state index >= 15 is 0 Å². The highest BCUT2D eigenvalue weighted by Gasteiger charge is 2.35. The first-order chi connectivity index (χ1) is 10.3. The first-order valence-electron chi connectivity index (χ1n) is 8.48. The van der Waals surface area contributed by atoms with Gasteiger partial charge in [-0.25, -0.2) is 0 Å². The Morgan fingerprint density at radius 1 is 1.05 bits per heavy atom. The molecule has 0 aromatic heterocycles. The number of hydrogen-bond acceptors (Lipinski definition) is 2. The van der Waals surface area contributed by atoms with Crippen LogP contribution in [0.4, 0.5) is 5.69 Å². The molecule has 21 heavy (non-hydrogen) atoms. The zero-order chi connectivity index (χ0) is 14.5. The maximum absolute atomic E-state index is 6.00. The van der Waals surface area contributed by atoms with Gasteiger partial charge in [-0.1, -0.05) is 36.9 Å². The molecule has 116 valence electrons. The van der Waals surface area contributed by atoms with Crippen LogP contribution in [-0.2, 0) is 0 Å². The van der Waals surface area contributed by atoms with E-state index in [1.54, 1.807) is 0 Å². The summed E-state index contributed by atoms with van der Waals surface area (Å²) in [5, 5.41) is 4.28. The van der Waals surface area contributed by atoms with Crippen molar-refractivity contribution >= 4 is 17.3 Å². The van der Waals surface area contributed by atoms with Gasteiger partial charge in [-0.3, -0.25) is 0 Å². The number of likely N-dealkylation sites (tertiary alicyclic amines) is 1. The summed E-state index contributed by atoms with van der Waals surface area (Å²) in [6.45, 7) is 4.73. The van der Waals surface area contributed by atoms with E-state index < -0.39 is 0 Å². The molecule has 1 saturated heterocycles. The molecule has 2 aliphatic rings. The van der Waals surface area contributed by atoms with Crippen molar-refractivity contribution < 1.29 is 0 Å². The summed E-state index contributed by atoms with van der Waals surface area (Å²) in [6.07, 6.45) is 10.2. The lowest BCUT2D eigenvalue weighted by atomic mass is 9.68. The van der Waals surface area contributed by atoms with Crippen LogP contribution in [0.5, 0.6) is 0 Å². The first-order valence-corrected chi connectivity index (χ1v) is 8.85. The van der Waals surface area contributed by atoms with Crippen molar-refractivity contribution in [3.63, 3.8) is 0 Å². The van der Waals surface area contributed by atoms with Gasteiger partial charge in [-0.15, -0.1) is 0 Å². The Morgan fingerprint density at radius 3 is 2.52 bits per heavy atom. The van der Waals surface area contributed by atoms with Crippen LogP contribution in [0.3, 0.4) is 0 Å². The molecule has 0 amide bonds. The van der Waals surface area contributed by atoms with Crippen molar-refractivity contribution in [2.45, 2.75) is 44.9 Å². The Bertz CT molecular complexity index is 444. The smallest absolute Gasteiger partial charge is 0.0426 e. The minimum atomic E-state index is 0.717. The summed E-state index contributed by atoms with van der Waals surface area (Å²) in [5.41, 5.74) is 1.85. The molecular formula is C18H27ClN2. The zero-order valence-corrected chi connectivity index (χ0v) is 13.7. The third-order valence-corrected chi connectivity index (χ3v) is 5.65. The summed E-state index contributed by atoms with van der Waals surface area (Å²) in [6, 6.07) is 7.99. The van der Waals surface area contributed by atoms with Crippen molar-refractivity contribution in [1.82, 2.24) is 4.90 Å². The van der Waals surface area contributed by atoms with E-state index in [-0.39, 0.29) is 0 Å². The van der Waals surface area contributed by atoms with Gasteiger partial charge in [0.15, 0.2) is 0 Å². The molecule has 1 heterocycles. The normalized spacial score (nSPS) is 22.3. The summed E-state index contributed by atoms with van der Waals surface area (Å²) in [7, 11) is 0. The van der Waals surface area contributed by atoms with Gasteiger partial charge in [0.25, 0.3) is 0 Å². The van der Waals surface area contributed by atoms with E-state index in [0.29, 0.717) is 0 Å². The van der Waals surface area contributed by atoms with E-state index in [4.69, 9.17) is 11.6 Å². The fraction of sp³-hybridized carbons (Fsp3) is 0.667. The van der Waals surface area contributed by atoms with E-state index in [2.05, 4.69) is 16.3 Å². The molecule has 1 spiro atoms. The third kappa shape index (κ3) is 4.14. The Hall–Kier alpha value is -0.730. The fourth-order valence-corrected chi connectivity index (χ4v) is 4.20. The largest absolute Gasteiger partial charge is 0.384 e. The van der Waals surface area contributed by atoms with Crippen molar-refractivity contribution in [3.05, 3.63) is 29.3 Å². The van der Waals surface area contributed by atoms with Gasteiger partial charge in [-0.05, 0) is 62.4 Å². The molecule has 1 aromatic carbocycles. The molecule has 0 atom stereocenters. The molecule has 0 radical (unpaired) electrons. The molecule has 3 rings (SSSR count). The average molecular weight is 307 g/mol. The fourth-order valence-electron chi connectivity index (χ4n) is 4.01. The molecule has 1 N–H and O–H groups in total. The first kappa shape index (κ1) is 15.2. The number of nitrogens with zero attached hydrogens (tertiary/aromatic N) is 1. The number of halogens is 1. The van der Waals surface area contributed by atoms with E-state index in [1.165, 1.54) is 58.0 Å². The standard InChI is InChI=1S/C18H27ClN2/c19-16-5-4-6-17(15-16)20-11-14-21-12-9-18(10-13-21)7-2-1-3-8-18/h4-6,15,20H,1-3,7-14H2. The molecule has 3 heteroatoms. The quantitative estimate of drug-likeness (QED) is 0.859. The summed E-state index contributed by atoms with van der Waals surface area (Å²) >= 11 is 6.00. The molecule has 2 nitrogen and oxygen atoms in total. The Kier molecular flexibility index (Phi) is 5.07. The van der Waals surface area contributed by atoms with E-state index in [9.17, 15) is 0 Å². The molecule has 1 saturated carbocycles. The maximum atomic E-state index is 6.00. The summed E-state index contributed by atoms with van der Waals surface area (Å²) in [5.74, 6) is 0. The summed E-state index contributed by atoms with van der Waals surface area (Å²) in [4.78, 5) is 2.62. The number of nitrogens with one attached hydrogen (secondary N) is 1. The highest BCUT2D eigenvalue weighted by molar-refractivity contribution is 6.30. The van der Waals surface area contributed by atoms with Gasteiger partial charge >= 0.3 is 0 Å². The monoisotopic (exact) mass is 306 g/mol. The molecule has 1 aliphatic carbocycles. The lowest BCUT2D eigenvalue weighted by Crippen LogP contribution is -2.42. The number of rotatable bonds is 4. The van der Waals surface area contributed by atoms with Crippen LogP contribution in [0.25, 0.3) is 0 Å². The number of piperidine rings is 1. The zero-order valence-electron chi connectivity index (χ0n) is 12.9. The topological polar surface area (TPSA) is 15.3 Å². The van der Waals surface area contributed by atoms with Gasteiger partial charge in [-0.2, -0.15) is 0 Å². The van der Waals surface area contributed by atoms with E-state index in [0.717, 1.165) is 29.2 Å². The minimum Gasteiger partial charge on any atom is -0.384 e. The Morgan fingerprint density at radius 2 is 1.81 bits per heavy atom. The van der Waals surface area contributed by atoms with Gasteiger partial charge in [0.1, 0.15) is 0 Å². The lowest BCUT2D eigenvalue weighted by molar-refractivity contribution is 0.0699. The van der Waals surface area contributed by atoms with Crippen molar-refractivity contribution in [3.8, 4) is 0 Å². The predicted molar refractivity (Wildman–Crippen MR) is 91.1 cm³/mol. The van der Waals surface area contributed by atoms with Crippen LogP contribution in [0, 0.1) is 5.41 Å². The molecule has 0 bridgehead atoms. The van der Waals surface area contributed by atoms with Gasteiger partial charge in [0, 0.05) is 23.8 Å². The Balaban J connectivity index is 1.39. The van der Waals surface area contributed by atoms with Crippen LogP contribution in [0.15, 0.2) is 24.3 Å². The number of anilines is 1. The second-order valence-corrected chi connectivity index (χ2v) is 7.28. The van der Waals surface area contributed by atoms with Crippen molar-refractivity contribution in [2.24, 2.45) is 5.41 Å². The second-order valence-electron chi connectivity index (χ2n) is 6.84. The molecule has 1 aromatic rings. The Labute approximate surface area is 133 Å². The number of hydrogen-bond donors (Lipinski definition) is 1. The maximum Gasteiger partial charge on any atom is 0.0426 e. The minimum absolute atomic E-state index is 0.717. The molecule has 2 fully saturated rings. The molecule has 0 unspecified atom stereocenters. The SMILES string of the molecule is Clc1cccc(NCCN2CCC3(CCCCC3)CC2)c1. The molecule has 1 aliphatic heterocycles. The highest BCUT2D eigenvalue weighted by Crippen LogP contribution is 2.44. The highest BCUT2D eigenvalue weighted by atomic mass is 35.5.